The van der Waals surface area contributed by atoms with Gasteiger partial charge in [0.2, 0.25) is 0 Å². The van der Waals surface area contributed by atoms with Gasteiger partial charge in [-0.1, -0.05) is 42.5 Å². The molecule has 1 aromatic carbocycles. The van der Waals surface area contributed by atoms with Crippen molar-refractivity contribution < 1.29 is 0 Å². The van der Waals surface area contributed by atoms with Gasteiger partial charge in [0.15, 0.2) is 0 Å². The molecule has 2 rings (SSSR count). The van der Waals surface area contributed by atoms with Crippen LogP contribution in [0.2, 0.25) is 0 Å². The van der Waals surface area contributed by atoms with Crippen molar-refractivity contribution in [3.8, 4) is 0 Å². The van der Waals surface area contributed by atoms with E-state index in [1.807, 2.05) is 32.0 Å². The van der Waals surface area contributed by atoms with Crippen LogP contribution in [0.4, 0.5) is 0 Å². The Labute approximate surface area is 89.7 Å². The summed E-state index contributed by atoms with van der Waals surface area (Å²) in [4.78, 5) is 0. The fraction of sp³-hybridized carbons (Fsp3) is 0.154. The smallest absolute Gasteiger partial charge is 0.0666 e. The van der Waals surface area contributed by atoms with Crippen LogP contribution in [0, 0.1) is 13.8 Å². The fourth-order valence-corrected chi connectivity index (χ4v) is 1.55. The number of nitrogens with zero attached hydrogens (tertiary/aromatic N) is 1. The molecule has 0 bridgehead atoms. The van der Waals surface area contributed by atoms with Crippen molar-refractivity contribution in [1.29, 1.82) is 0 Å². The number of hydrogen-bond donors (Lipinski definition) is 1. The number of benzene rings is 1. The van der Waals surface area contributed by atoms with Crippen molar-refractivity contribution in [2.75, 3.05) is 0 Å². The Kier molecular flexibility index (Phi) is 2.68. The molecule has 0 saturated carbocycles. The molecule has 76 valence electrons. The zero-order valence-corrected chi connectivity index (χ0v) is 8.99. The van der Waals surface area contributed by atoms with Crippen molar-refractivity contribution in [3.63, 3.8) is 0 Å². The summed E-state index contributed by atoms with van der Waals surface area (Å²) >= 11 is 0. The highest BCUT2D eigenvalue weighted by Crippen LogP contribution is 2.13. The third kappa shape index (κ3) is 2.15. The van der Waals surface area contributed by atoms with Crippen molar-refractivity contribution in [2.45, 2.75) is 13.8 Å². The van der Waals surface area contributed by atoms with E-state index >= 15 is 0 Å². The van der Waals surface area contributed by atoms with Gasteiger partial charge >= 0.3 is 0 Å². The van der Waals surface area contributed by atoms with Crippen LogP contribution in [0.25, 0.3) is 12.2 Å². The van der Waals surface area contributed by atoms with Crippen molar-refractivity contribution >= 4 is 12.2 Å². The molecule has 0 aliphatic rings. The monoisotopic (exact) mass is 198 g/mol. The quantitative estimate of drug-likeness (QED) is 0.788. The summed E-state index contributed by atoms with van der Waals surface area (Å²) in [5, 5.41) is 7.12. The maximum Gasteiger partial charge on any atom is 0.0666 e. The molecule has 0 fully saturated rings. The van der Waals surface area contributed by atoms with Gasteiger partial charge in [-0.05, 0) is 19.4 Å². The second-order valence-corrected chi connectivity index (χ2v) is 3.59. The SMILES string of the molecule is Cc1n[nH]c(C)c1/C=C/c1ccccc1. The summed E-state index contributed by atoms with van der Waals surface area (Å²) in [5.74, 6) is 0. The minimum atomic E-state index is 1.04. The highest BCUT2D eigenvalue weighted by molar-refractivity contribution is 5.71. The van der Waals surface area contributed by atoms with Gasteiger partial charge in [-0.25, -0.2) is 0 Å². The summed E-state index contributed by atoms with van der Waals surface area (Å²) in [6, 6.07) is 10.3. The molecule has 0 saturated heterocycles. The zero-order chi connectivity index (χ0) is 10.7. The van der Waals surface area contributed by atoms with E-state index in [1.165, 1.54) is 11.1 Å². The van der Waals surface area contributed by atoms with Gasteiger partial charge in [0, 0.05) is 11.3 Å². The van der Waals surface area contributed by atoms with Gasteiger partial charge in [0.25, 0.3) is 0 Å². The summed E-state index contributed by atoms with van der Waals surface area (Å²) < 4.78 is 0. The van der Waals surface area contributed by atoms with E-state index in [4.69, 9.17) is 0 Å². The normalized spacial score (nSPS) is 11.1. The summed E-state index contributed by atoms with van der Waals surface area (Å²) in [6.45, 7) is 4.04. The summed E-state index contributed by atoms with van der Waals surface area (Å²) in [7, 11) is 0. The molecule has 0 unspecified atom stereocenters. The maximum absolute atomic E-state index is 4.15. The summed E-state index contributed by atoms with van der Waals surface area (Å²) in [5.41, 5.74) is 4.54. The van der Waals surface area contributed by atoms with Gasteiger partial charge in [0.05, 0.1) is 5.69 Å². The van der Waals surface area contributed by atoms with Crippen molar-refractivity contribution in [2.24, 2.45) is 0 Å². The molecule has 0 atom stereocenters. The molecule has 2 aromatic rings. The third-order valence-corrected chi connectivity index (χ3v) is 2.43. The second kappa shape index (κ2) is 4.13. The number of hydrogen-bond acceptors (Lipinski definition) is 1. The van der Waals surface area contributed by atoms with E-state index in [9.17, 15) is 0 Å². The second-order valence-electron chi connectivity index (χ2n) is 3.59. The molecule has 0 amide bonds. The van der Waals surface area contributed by atoms with Gasteiger partial charge in [-0.3, -0.25) is 5.10 Å². The average Bonchev–Trinajstić information content (AvgIpc) is 2.58. The Balaban J connectivity index is 2.26. The Bertz CT molecular complexity index is 447. The molecule has 0 aliphatic carbocycles. The Morgan fingerprint density at radius 3 is 2.40 bits per heavy atom. The Hall–Kier alpha value is -1.83. The minimum absolute atomic E-state index is 1.04. The molecule has 2 heteroatoms. The first-order valence-electron chi connectivity index (χ1n) is 5.02. The van der Waals surface area contributed by atoms with E-state index < -0.39 is 0 Å². The van der Waals surface area contributed by atoms with Crippen LogP contribution in [-0.2, 0) is 0 Å². The third-order valence-electron chi connectivity index (χ3n) is 2.43. The highest BCUT2D eigenvalue weighted by atomic mass is 15.1. The lowest BCUT2D eigenvalue weighted by atomic mass is 10.1. The van der Waals surface area contributed by atoms with Gasteiger partial charge in [0.1, 0.15) is 0 Å². The van der Waals surface area contributed by atoms with E-state index in [0.29, 0.717) is 0 Å². The molecule has 0 radical (unpaired) electrons. The predicted octanol–water partition coefficient (Wildman–Crippen LogP) is 3.20. The zero-order valence-electron chi connectivity index (χ0n) is 8.99. The number of H-pyrrole nitrogens is 1. The molecule has 0 aliphatic heterocycles. The first kappa shape index (κ1) is 9.71. The molecule has 15 heavy (non-hydrogen) atoms. The lowest BCUT2D eigenvalue weighted by Crippen LogP contribution is -1.77. The van der Waals surface area contributed by atoms with E-state index in [2.05, 4.69) is 34.5 Å². The van der Waals surface area contributed by atoms with Crippen molar-refractivity contribution in [1.82, 2.24) is 10.2 Å². The first-order chi connectivity index (χ1) is 7.27. The van der Waals surface area contributed by atoms with Crippen molar-refractivity contribution in [3.05, 3.63) is 52.8 Å². The predicted molar refractivity (Wildman–Crippen MR) is 63.4 cm³/mol. The molecule has 0 spiro atoms. The minimum Gasteiger partial charge on any atom is -0.282 e. The number of rotatable bonds is 2. The number of aromatic nitrogens is 2. The number of nitrogens with one attached hydrogen (secondary N) is 1. The standard InChI is InChI=1S/C13H14N2/c1-10-13(11(2)15-14-10)9-8-12-6-4-3-5-7-12/h3-9H,1-2H3,(H,14,15)/b9-8+. The molecule has 1 aromatic heterocycles. The van der Waals surface area contributed by atoms with Crippen LogP contribution in [-0.4, -0.2) is 10.2 Å². The van der Waals surface area contributed by atoms with E-state index in [-0.39, 0.29) is 0 Å². The maximum atomic E-state index is 4.15. The van der Waals surface area contributed by atoms with Gasteiger partial charge < -0.3 is 0 Å². The van der Waals surface area contributed by atoms with Crippen LogP contribution in [0.3, 0.4) is 0 Å². The molecular formula is C13H14N2. The van der Waals surface area contributed by atoms with Crippen LogP contribution in [0.15, 0.2) is 30.3 Å². The van der Waals surface area contributed by atoms with Crippen LogP contribution < -0.4 is 0 Å². The van der Waals surface area contributed by atoms with Crippen LogP contribution >= 0.6 is 0 Å². The number of aromatic amines is 1. The lowest BCUT2D eigenvalue weighted by molar-refractivity contribution is 1.02. The van der Waals surface area contributed by atoms with E-state index in [1.54, 1.807) is 0 Å². The van der Waals surface area contributed by atoms with Crippen LogP contribution in [0.5, 0.6) is 0 Å². The lowest BCUT2D eigenvalue weighted by Gasteiger charge is -1.93. The Morgan fingerprint density at radius 2 is 1.80 bits per heavy atom. The fourth-order valence-electron chi connectivity index (χ4n) is 1.55. The average molecular weight is 198 g/mol. The molecule has 1 heterocycles. The topological polar surface area (TPSA) is 28.7 Å². The summed E-state index contributed by atoms with van der Waals surface area (Å²) in [6.07, 6.45) is 4.20. The molecule has 2 nitrogen and oxygen atoms in total. The Morgan fingerprint density at radius 1 is 1.07 bits per heavy atom. The largest absolute Gasteiger partial charge is 0.282 e. The number of aryl methyl sites for hydroxylation is 2. The van der Waals surface area contributed by atoms with E-state index in [0.717, 1.165) is 11.4 Å². The molecule has 1 N–H and O–H groups in total. The van der Waals surface area contributed by atoms with Gasteiger partial charge in [-0.15, -0.1) is 0 Å². The first-order valence-corrected chi connectivity index (χ1v) is 5.02. The molecular weight excluding hydrogens is 184 g/mol. The van der Waals surface area contributed by atoms with Crippen LogP contribution in [0.1, 0.15) is 22.5 Å². The highest BCUT2D eigenvalue weighted by Gasteiger charge is 2.00. The van der Waals surface area contributed by atoms with Gasteiger partial charge in [-0.2, -0.15) is 5.10 Å².